The van der Waals surface area contributed by atoms with Gasteiger partial charge < -0.3 is 9.64 Å². The van der Waals surface area contributed by atoms with E-state index in [1.165, 1.54) is 7.11 Å². The molecule has 0 N–H and O–H groups in total. The minimum atomic E-state index is -0.380. The predicted octanol–water partition coefficient (Wildman–Crippen LogP) is 4.73. The molecular formula is C24H22N4O3S. The van der Waals surface area contributed by atoms with E-state index in [0.29, 0.717) is 29.7 Å². The van der Waals surface area contributed by atoms with Crippen molar-refractivity contribution in [3.05, 3.63) is 64.7 Å². The number of benzene rings is 1. The second kappa shape index (κ2) is 7.87. The lowest BCUT2D eigenvalue weighted by atomic mass is 10.1. The van der Waals surface area contributed by atoms with Crippen LogP contribution in [-0.2, 0) is 11.2 Å². The number of anilines is 1. The molecule has 1 aliphatic rings. The first-order valence-corrected chi connectivity index (χ1v) is 11.3. The highest BCUT2D eigenvalue weighted by molar-refractivity contribution is 7.13. The Morgan fingerprint density at radius 1 is 1.19 bits per heavy atom. The van der Waals surface area contributed by atoms with Crippen molar-refractivity contribution < 1.29 is 14.3 Å². The van der Waals surface area contributed by atoms with Crippen molar-refractivity contribution in [2.75, 3.05) is 18.6 Å². The van der Waals surface area contributed by atoms with Crippen LogP contribution in [0.3, 0.4) is 0 Å². The standard InChI is InChI=1S/C24H22N4O3S/c1-14(2)28-22-18(13-25-28)17(12-19(26-22)21-5-4-10-32-21)23(29)27-9-8-15-11-16(24(30)31-3)6-7-20(15)27/h4-7,10-14H,8-9H2,1-3H3. The zero-order chi connectivity index (χ0) is 22.4. The van der Waals surface area contributed by atoms with E-state index < -0.39 is 0 Å². The Balaban J connectivity index is 1.61. The summed E-state index contributed by atoms with van der Waals surface area (Å²) in [7, 11) is 1.36. The van der Waals surface area contributed by atoms with E-state index in [-0.39, 0.29) is 17.9 Å². The van der Waals surface area contributed by atoms with Gasteiger partial charge in [0.2, 0.25) is 0 Å². The van der Waals surface area contributed by atoms with Crippen molar-refractivity contribution in [2.24, 2.45) is 0 Å². The molecule has 162 valence electrons. The van der Waals surface area contributed by atoms with E-state index in [2.05, 4.69) is 5.10 Å². The molecule has 0 spiro atoms. The number of ether oxygens (including phenoxy) is 1. The Morgan fingerprint density at radius 3 is 2.75 bits per heavy atom. The average molecular weight is 447 g/mol. The van der Waals surface area contributed by atoms with E-state index in [1.807, 2.05) is 54.2 Å². The Morgan fingerprint density at radius 2 is 2.03 bits per heavy atom. The molecule has 0 bridgehead atoms. The lowest BCUT2D eigenvalue weighted by Crippen LogP contribution is -2.29. The van der Waals surface area contributed by atoms with Gasteiger partial charge in [-0.3, -0.25) is 4.79 Å². The number of esters is 1. The summed E-state index contributed by atoms with van der Waals surface area (Å²) in [6.07, 6.45) is 2.41. The van der Waals surface area contributed by atoms with Gasteiger partial charge in [0, 0.05) is 18.3 Å². The summed E-state index contributed by atoms with van der Waals surface area (Å²) < 4.78 is 6.67. The van der Waals surface area contributed by atoms with Crippen molar-refractivity contribution in [3.63, 3.8) is 0 Å². The number of methoxy groups -OCH3 is 1. The largest absolute Gasteiger partial charge is 0.465 e. The highest BCUT2D eigenvalue weighted by Gasteiger charge is 2.29. The summed E-state index contributed by atoms with van der Waals surface area (Å²) in [5, 5.41) is 7.24. The maximum absolute atomic E-state index is 13.8. The number of hydrogen-bond donors (Lipinski definition) is 0. The van der Waals surface area contributed by atoms with Gasteiger partial charge in [-0.25, -0.2) is 14.5 Å². The molecule has 8 heteroatoms. The number of carbonyl (C=O) groups excluding carboxylic acids is 2. The van der Waals surface area contributed by atoms with Crippen molar-refractivity contribution >= 4 is 39.9 Å². The molecule has 1 aromatic carbocycles. The van der Waals surface area contributed by atoms with E-state index in [0.717, 1.165) is 27.2 Å². The number of pyridine rings is 1. The number of amides is 1. The van der Waals surface area contributed by atoms with Crippen molar-refractivity contribution in [3.8, 4) is 10.6 Å². The van der Waals surface area contributed by atoms with Crippen LogP contribution in [0.15, 0.2) is 48.0 Å². The van der Waals surface area contributed by atoms with Crippen LogP contribution in [0.4, 0.5) is 5.69 Å². The molecule has 0 saturated carbocycles. The van der Waals surface area contributed by atoms with E-state index >= 15 is 0 Å². The number of thiophene rings is 1. The molecule has 0 atom stereocenters. The summed E-state index contributed by atoms with van der Waals surface area (Å²) in [6.45, 7) is 4.64. The quantitative estimate of drug-likeness (QED) is 0.424. The fourth-order valence-electron chi connectivity index (χ4n) is 4.13. The Kier molecular flexibility index (Phi) is 5.01. The van der Waals surface area contributed by atoms with Gasteiger partial charge in [-0.2, -0.15) is 5.10 Å². The predicted molar refractivity (Wildman–Crippen MR) is 124 cm³/mol. The Hall–Kier alpha value is -3.52. The number of carbonyl (C=O) groups is 2. The second-order valence-electron chi connectivity index (χ2n) is 7.99. The normalized spacial score (nSPS) is 13.1. The highest BCUT2D eigenvalue weighted by Crippen LogP contribution is 2.34. The van der Waals surface area contributed by atoms with Crippen molar-refractivity contribution in [2.45, 2.75) is 26.3 Å². The van der Waals surface area contributed by atoms with Gasteiger partial charge >= 0.3 is 5.97 Å². The first-order chi connectivity index (χ1) is 15.5. The van der Waals surface area contributed by atoms with Crippen molar-refractivity contribution in [1.29, 1.82) is 0 Å². The third-order valence-corrected chi connectivity index (χ3v) is 6.59. The number of nitrogens with zero attached hydrogens (tertiary/aromatic N) is 4. The molecule has 0 fully saturated rings. The van der Waals surface area contributed by atoms with Gasteiger partial charge in [-0.15, -0.1) is 11.3 Å². The van der Waals surface area contributed by atoms with Gasteiger partial charge in [0.1, 0.15) is 0 Å². The number of rotatable bonds is 4. The van der Waals surface area contributed by atoms with Crippen LogP contribution in [-0.4, -0.2) is 40.3 Å². The zero-order valence-corrected chi connectivity index (χ0v) is 18.8. The molecule has 4 aromatic rings. The molecule has 1 aliphatic heterocycles. The van der Waals surface area contributed by atoms with Crippen LogP contribution >= 0.6 is 11.3 Å². The Bertz CT molecular complexity index is 1340. The van der Waals surface area contributed by atoms with Gasteiger partial charge in [0.15, 0.2) is 5.65 Å². The molecule has 1 amide bonds. The van der Waals surface area contributed by atoms with Crippen LogP contribution in [0.5, 0.6) is 0 Å². The fourth-order valence-corrected chi connectivity index (χ4v) is 4.81. The van der Waals surface area contributed by atoms with Gasteiger partial charge in [0.25, 0.3) is 5.91 Å². The molecule has 7 nitrogen and oxygen atoms in total. The summed E-state index contributed by atoms with van der Waals surface area (Å²) >= 11 is 1.59. The Labute approximate surface area is 189 Å². The zero-order valence-electron chi connectivity index (χ0n) is 18.0. The van der Waals surface area contributed by atoms with Crippen LogP contribution in [0, 0.1) is 0 Å². The number of fused-ring (bicyclic) bond motifs is 2. The molecule has 0 unspecified atom stereocenters. The minimum absolute atomic E-state index is 0.0944. The van der Waals surface area contributed by atoms with Crippen LogP contribution in [0.25, 0.3) is 21.6 Å². The molecule has 0 aliphatic carbocycles. The van der Waals surface area contributed by atoms with E-state index in [1.54, 1.807) is 28.5 Å². The minimum Gasteiger partial charge on any atom is -0.465 e. The summed E-state index contributed by atoms with van der Waals surface area (Å²) in [5.74, 6) is -0.474. The lowest BCUT2D eigenvalue weighted by Gasteiger charge is -2.19. The van der Waals surface area contributed by atoms with Crippen LogP contribution in [0.2, 0.25) is 0 Å². The third-order valence-electron chi connectivity index (χ3n) is 5.70. The highest BCUT2D eigenvalue weighted by atomic mass is 32.1. The first-order valence-electron chi connectivity index (χ1n) is 10.4. The molecule has 0 radical (unpaired) electrons. The summed E-state index contributed by atoms with van der Waals surface area (Å²) in [4.78, 5) is 33.3. The molecule has 0 saturated heterocycles. The summed E-state index contributed by atoms with van der Waals surface area (Å²) in [5.41, 5.74) is 4.32. The molecule has 4 heterocycles. The SMILES string of the molecule is COC(=O)c1ccc2c(c1)CCN2C(=O)c1cc(-c2cccs2)nc2c1cnn2C(C)C. The maximum Gasteiger partial charge on any atom is 0.337 e. The number of aromatic nitrogens is 3. The smallest absolute Gasteiger partial charge is 0.337 e. The number of hydrogen-bond acceptors (Lipinski definition) is 6. The van der Waals surface area contributed by atoms with E-state index in [9.17, 15) is 9.59 Å². The first kappa shape index (κ1) is 20.4. The fraction of sp³-hybridized carbons (Fsp3) is 0.250. The second-order valence-corrected chi connectivity index (χ2v) is 8.94. The third kappa shape index (κ3) is 3.27. The van der Waals surface area contributed by atoms with Gasteiger partial charge in [-0.1, -0.05) is 6.07 Å². The molecule has 5 rings (SSSR count). The topological polar surface area (TPSA) is 77.3 Å². The average Bonchev–Trinajstić information content (AvgIpc) is 3.55. The van der Waals surface area contributed by atoms with Crippen LogP contribution in [0.1, 0.15) is 46.2 Å². The lowest BCUT2D eigenvalue weighted by molar-refractivity contribution is 0.0600. The maximum atomic E-state index is 13.8. The molecular weight excluding hydrogens is 424 g/mol. The molecule has 3 aromatic heterocycles. The summed E-state index contributed by atoms with van der Waals surface area (Å²) in [6, 6.07) is 11.3. The monoisotopic (exact) mass is 446 g/mol. The van der Waals surface area contributed by atoms with Crippen LogP contribution < -0.4 is 4.90 Å². The van der Waals surface area contributed by atoms with Gasteiger partial charge in [0.05, 0.1) is 40.4 Å². The molecule has 32 heavy (non-hydrogen) atoms. The van der Waals surface area contributed by atoms with E-state index in [4.69, 9.17) is 9.72 Å². The van der Waals surface area contributed by atoms with Gasteiger partial charge in [-0.05, 0) is 61.5 Å². The van der Waals surface area contributed by atoms with Crippen molar-refractivity contribution in [1.82, 2.24) is 14.8 Å².